The van der Waals surface area contributed by atoms with Crippen molar-refractivity contribution in [1.29, 1.82) is 0 Å². The number of ether oxygens (including phenoxy) is 3. The maximum absolute atomic E-state index is 12.8. The van der Waals surface area contributed by atoms with E-state index in [0.29, 0.717) is 47.8 Å². The minimum absolute atomic E-state index is 0.0930. The van der Waals surface area contributed by atoms with Crippen LogP contribution in [0, 0.1) is 0 Å². The third-order valence-electron chi connectivity index (χ3n) is 4.44. The van der Waals surface area contributed by atoms with Gasteiger partial charge in [0.25, 0.3) is 5.91 Å². The summed E-state index contributed by atoms with van der Waals surface area (Å²) in [6.45, 7) is 4.07. The molecule has 28 heavy (non-hydrogen) atoms. The molecular formula is C20H20ClN3O4. The minimum atomic E-state index is -0.318. The number of hydrogen-bond acceptors (Lipinski definition) is 5. The third-order valence-corrected chi connectivity index (χ3v) is 4.72. The lowest BCUT2D eigenvalue weighted by molar-refractivity contribution is 0.102. The molecule has 4 rings (SSSR count). The molecule has 0 spiro atoms. The van der Waals surface area contributed by atoms with Crippen LogP contribution in [-0.4, -0.2) is 35.5 Å². The molecule has 0 bridgehead atoms. The molecule has 0 unspecified atom stereocenters. The summed E-state index contributed by atoms with van der Waals surface area (Å²) in [5, 5.41) is 3.23. The first kappa shape index (κ1) is 18.6. The molecule has 7 nitrogen and oxygen atoms in total. The summed E-state index contributed by atoms with van der Waals surface area (Å²) in [5.74, 6) is 1.09. The Bertz CT molecular complexity index is 1020. The van der Waals surface area contributed by atoms with E-state index < -0.39 is 0 Å². The monoisotopic (exact) mass is 401 g/mol. The Kier molecular flexibility index (Phi) is 5.36. The minimum Gasteiger partial charge on any atom is -0.454 e. The number of amides is 1. The molecular weight excluding hydrogens is 382 g/mol. The number of imidazole rings is 1. The number of hydrogen-bond donors (Lipinski definition) is 1. The summed E-state index contributed by atoms with van der Waals surface area (Å²) >= 11 is 6.20. The number of rotatable bonds is 7. The molecule has 0 aliphatic carbocycles. The van der Waals surface area contributed by atoms with Gasteiger partial charge in [-0.25, -0.2) is 4.98 Å². The number of carbonyl (C=O) groups is 1. The number of aromatic nitrogens is 2. The summed E-state index contributed by atoms with van der Waals surface area (Å²) in [6.07, 6.45) is 0.812. The quantitative estimate of drug-likeness (QED) is 0.603. The van der Waals surface area contributed by atoms with Crippen molar-refractivity contribution in [3.05, 3.63) is 47.0 Å². The lowest BCUT2D eigenvalue weighted by atomic mass is 10.2. The van der Waals surface area contributed by atoms with Crippen molar-refractivity contribution in [2.24, 2.45) is 0 Å². The van der Waals surface area contributed by atoms with Crippen molar-refractivity contribution in [2.75, 3.05) is 25.3 Å². The van der Waals surface area contributed by atoms with Gasteiger partial charge in [0.05, 0.1) is 16.1 Å². The van der Waals surface area contributed by atoms with Gasteiger partial charge >= 0.3 is 0 Å². The first-order valence-corrected chi connectivity index (χ1v) is 9.48. The van der Waals surface area contributed by atoms with E-state index in [4.69, 9.17) is 25.8 Å². The fourth-order valence-electron chi connectivity index (χ4n) is 3.14. The van der Waals surface area contributed by atoms with Gasteiger partial charge in [-0.05, 0) is 37.6 Å². The van der Waals surface area contributed by atoms with Crippen LogP contribution in [0.2, 0.25) is 5.02 Å². The summed E-state index contributed by atoms with van der Waals surface area (Å²) < 4.78 is 18.1. The Hall–Kier alpha value is -2.77. The van der Waals surface area contributed by atoms with Crippen molar-refractivity contribution in [3.8, 4) is 11.5 Å². The van der Waals surface area contributed by atoms with Crippen molar-refractivity contribution < 1.29 is 19.0 Å². The van der Waals surface area contributed by atoms with Gasteiger partial charge in [-0.3, -0.25) is 10.1 Å². The van der Waals surface area contributed by atoms with Crippen molar-refractivity contribution in [2.45, 2.75) is 19.9 Å². The Morgan fingerprint density at radius 2 is 2.18 bits per heavy atom. The van der Waals surface area contributed by atoms with Gasteiger partial charge in [-0.1, -0.05) is 23.7 Å². The predicted molar refractivity (Wildman–Crippen MR) is 106 cm³/mol. The molecule has 1 amide bonds. The second kappa shape index (κ2) is 8.08. The molecule has 3 aromatic rings. The molecule has 0 saturated heterocycles. The number of halogens is 1. The zero-order valence-corrected chi connectivity index (χ0v) is 16.2. The van der Waals surface area contributed by atoms with E-state index in [1.807, 2.05) is 35.8 Å². The number of nitrogens with zero attached hydrogens (tertiary/aromatic N) is 2. The molecule has 1 aliphatic heterocycles. The van der Waals surface area contributed by atoms with Crippen molar-refractivity contribution in [3.63, 3.8) is 0 Å². The molecule has 0 saturated carbocycles. The van der Waals surface area contributed by atoms with Gasteiger partial charge in [-0.15, -0.1) is 0 Å². The highest BCUT2D eigenvalue weighted by Gasteiger charge is 2.22. The van der Waals surface area contributed by atoms with Crippen LogP contribution >= 0.6 is 11.6 Å². The number of benzene rings is 2. The average Bonchev–Trinajstić information content (AvgIpc) is 3.30. The first-order valence-electron chi connectivity index (χ1n) is 9.11. The number of carbonyl (C=O) groups excluding carboxylic acids is 1. The second-order valence-electron chi connectivity index (χ2n) is 6.27. The molecule has 0 radical (unpaired) electrons. The molecule has 1 N–H and O–H groups in total. The largest absolute Gasteiger partial charge is 0.454 e. The Morgan fingerprint density at radius 3 is 3.04 bits per heavy atom. The molecule has 1 aromatic heterocycles. The summed E-state index contributed by atoms with van der Waals surface area (Å²) in [5.41, 5.74) is 2.15. The SMILES string of the molecule is CCOCCCn1c(NC(=O)c2cc(Cl)c3c(c2)OCO3)nc2ccccc21. The van der Waals surface area contributed by atoms with Gasteiger partial charge in [-0.2, -0.15) is 0 Å². The second-order valence-corrected chi connectivity index (χ2v) is 6.68. The highest BCUT2D eigenvalue weighted by Crippen LogP contribution is 2.39. The smallest absolute Gasteiger partial charge is 0.258 e. The molecule has 2 heterocycles. The van der Waals surface area contributed by atoms with Gasteiger partial charge in [0, 0.05) is 25.3 Å². The number of para-hydroxylation sites is 2. The zero-order valence-electron chi connectivity index (χ0n) is 15.4. The predicted octanol–water partition coefficient (Wildman–Crippen LogP) is 4.10. The van der Waals surface area contributed by atoms with E-state index in [9.17, 15) is 4.79 Å². The summed E-state index contributed by atoms with van der Waals surface area (Å²) in [7, 11) is 0. The van der Waals surface area contributed by atoms with E-state index in [1.54, 1.807) is 12.1 Å². The third kappa shape index (κ3) is 3.63. The maximum atomic E-state index is 12.8. The van der Waals surface area contributed by atoms with Crippen molar-refractivity contribution in [1.82, 2.24) is 9.55 Å². The Labute approximate surface area is 167 Å². The van der Waals surface area contributed by atoms with Crippen LogP contribution in [0.3, 0.4) is 0 Å². The molecule has 146 valence electrons. The standard InChI is InChI=1S/C20H20ClN3O4/c1-2-26-9-5-8-24-16-7-4-3-6-15(16)22-20(24)23-19(25)13-10-14(21)18-17(11-13)27-12-28-18/h3-4,6-7,10-11H,2,5,8-9,12H2,1H3,(H,22,23,25). The van der Waals surface area contributed by atoms with Crippen LogP contribution in [-0.2, 0) is 11.3 Å². The van der Waals surface area contributed by atoms with Crippen LogP contribution in [0.5, 0.6) is 11.5 Å². The average molecular weight is 402 g/mol. The van der Waals surface area contributed by atoms with E-state index in [0.717, 1.165) is 17.5 Å². The summed E-state index contributed by atoms with van der Waals surface area (Å²) in [6, 6.07) is 10.9. The van der Waals surface area contributed by atoms with Crippen LogP contribution in [0.25, 0.3) is 11.0 Å². The lowest BCUT2D eigenvalue weighted by Crippen LogP contribution is -2.16. The molecule has 8 heteroatoms. The fourth-order valence-corrected chi connectivity index (χ4v) is 3.40. The fraction of sp³-hybridized carbons (Fsp3) is 0.300. The summed E-state index contributed by atoms with van der Waals surface area (Å²) in [4.78, 5) is 17.4. The van der Waals surface area contributed by atoms with Crippen LogP contribution in [0.1, 0.15) is 23.7 Å². The van der Waals surface area contributed by atoms with Crippen LogP contribution in [0.4, 0.5) is 5.95 Å². The van der Waals surface area contributed by atoms with Crippen molar-refractivity contribution >= 4 is 34.5 Å². The van der Waals surface area contributed by atoms with Gasteiger partial charge < -0.3 is 18.8 Å². The number of anilines is 1. The Morgan fingerprint density at radius 1 is 1.32 bits per heavy atom. The van der Waals surface area contributed by atoms with Crippen LogP contribution < -0.4 is 14.8 Å². The van der Waals surface area contributed by atoms with Gasteiger partial charge in [0.15, 0.2) is 11.5 Å². The normalized spacial score (nSPS) is 12.5. The van der Waals surface area contributed by atoms with E-state index in [-0.39, 0.29) is 12.7 Å². The first-order chi connectivity index (χ1) is 13.7. The number of nitrogens with one attached hydrogen (secondary N) is 1. The number of fused-ring (bicyclic) bond motifs is 2. The van der Waals surface area contributed by atoms with Crippen LogP contribution in [0.15, 0.2) is 36.4 Å². The van der Waals surface area contributed by atoms with E-state index in [1.165, 1.54) is 0 Å². The zero-order chi connectivity index (χ0) is 19.5. The topological polar surface area (TPSA) is 74.6 Å². The lowest BCUT2D eigenvalue weighted by Gasteiger charge is -2.11. The molecule has 0 atom stereocenters. The molecule has 0 fully saturated rings. The highest BCUT2D eigenvalue weighted by atomic mass is 35.5. The molecule has 1 aliphatic rings. The maximum Gasteiger partial charge on any atom is 0.258 e. The van der Waals surface area contributed by atoms with Gasteiger partial charge in [0.2, 0.25) is 12.7 Å². The van der Waals surface area contributed by atoms with Gasteiger partial charge in [0.1, 0.15) is 0 Å². The van der Waals surface area contributed by atoms with E-state index in [2.05, 4.69) is 10.3 Å². The highest BCUT2D eigenvalue weighted by molar-refractivity contribution is 6.32. The number of aryl methyl sites for hydroxylation is 1. The molecule has 2 aromatic carbocycles. The van der Waals surface area contributed by atoms with E-state index >= 15 is 0 Å². The Balaban J connectivity index is 1.60.